The van der Waals surface area contributed by atoms with Crippen LogP contribution in [0.1, 0.15) is 0 Å². The smallest absolute Gasteiger partial charge is 0.458 e. The number of carbonyl (C=O) groups is 2. The molecule has 0 aliphatic rings. The first-order chi connectivity index (χ1) is 19.4. The molecular formula is C21H33F13O7Si4. The van der Waals surface area contributed by atoms with Crippen molar-refractivity contribution in [2.75, 3.05) is 12.8 Å². The van der Waals surface area contributed by atoms with Crippen molar-refractivity contribution >= 4 is 45.7 Å². The molecule has 0 atom stereocenters. The molecule has 0 saturated carbocycles. The van der Waals surface area contributed by atoms with E-state index in [0.29, 0.717) is 0 Å². The molecule has 0 N–H and O–H groups in total. The lowest BCUT2D eigenvalue weighted by molar-refractivity contribution is -0.441. The second-order valence-electron chi connectivity index (χ2n) is 12.4. The summed E-state index contributed by atoms with van der Waals surface area (Å²) in [5, 5.41) is 0. The van der Waals surface area contributed by atoms with E-state index < -0.39 is 94.3 Å². The quantitative estimate of drug-likeness (QED) is 0.0703. The number of ether oxygens (including phenoxy) is 2. The number of carbonyl (C=O) groups excluding carboxylic acids is 2. The molecule has 0 radical (unpaired) electrons. The topological polar surface area (TPSA) is 80.3 Å². The minimum Gasteiger partial charge on any atom is -0.458 e. The molecule has 0 aromatic heterocycles. The molecule has 0 heterocycles. The van der Waals surface area contributed by atoms with Gasteiger partial charge < -0.3 is 21.8 Å². The van der Waals surface area contributed by atoms with Gasteiger partial charge >= 0.3 is 56.5 Å². The molecule has 266 valence electrons. The van der Waals surface area contributed by atoms with Crippen LogP contribution in [0.5, 0.6) is 0 Å². The largest absolute Gasteiger partial charge is 0.509 e. The van der Waals surface area contributed by atoms with Gasteiger partial charge in [0.1, 0.15) is 0 Å². The van der Waals surface area contributed by atoms with E-state index in [4.69, 9.17) is 17.1 Å². The molecular weight excluding hydrogens is 724 g/mol. The van der Waals surface area contributed by atoms with Crippen molar-refractivity contribution < 1.29 is 88.5 Å². The molecule has 0 bridgehead atoms. The predicted octanol–water partition coefficient (Wildman–Crippen LogP) is 7.40. The average molecular weight is 757 g/mol. The Bertz CT molecular complexity index is 1040. The monoisotopic (exact) mass is 756 g/mol. The van der Waals surface area contributed by atoms with Crippen LogP contribution in [0.3, 0.4) is 0 Å². The van der Waals surface area contributed by atoms with Gasteiger partial charge in [0.15, 0.2) is 37.8 Å². The first-order valence-electron chi connectivity index (χ1n) is 12.4. The molecule has 7 nitrogen and oxygen atoms in total. The number of hydrogen-bond acceptors (Lipinski definition) is 7. The third kappa shape index (κ3) is 11.3. The highest BCUT2D eigenvalue weighted by Crippen LogP contribution is 2.60. The number of alkyl halides is 13. The van der Waals surface area contributed by atoms with Gasteiger partial charge in [-0.3, -0.25) is 0 Å². The SMILES string of the molecule is C[Si](C)(C)O[Si](COC(=O)/C=C/C(=O)OCC(F)(F)C(F)(F)C(F)(F)C(F)(F)C(F)(F)C(F)(F)F)(O[Si](C)(C)C)O[Si](C)(C)C. The maximum Gasteiger partial charge on any atom is 0.509 e. The molecule has 24 heteroatoms. The number of esters is 2. The van der Waals surface area contributed by atoms with Gasteiger partial charge in [0, 0.05) is 12.2 Å². The fourth-order valence-electron chi connectivity index (χ4n) is 3.00. The molecule has 0 aliphatic carbocycles. The summed E-state index contributed by atoms with van der Waals surface area (Å²) in [6, 6.07) is 0. The number of halogens is 13. The Balaban J connectivity index is 5.85. The zero-order valence-corrected chi connectivity index (χ0v) is 29.3. The zero-order chi connectivity index (χ0) is 36.5. The molecule has 0 saturated heterocycles. The van der Waals surface area contributed by atoms with Gasteiger partial charge in [-0.1, -0.05) is 0 Å². The first kappa shape index (κ1) is 43.5. The normalized spacial score (nSPS) is 15.4. The standard InChI is InChI=1S/C21H33F13O7Si4/c1-42(2,3)39-45(40-43(4,5)6,41-44(7,8)9)13-38-15(36)11-10-14(35)37-12-16(22,23)17(24,25)18(26,27)19(28,29)20(30,31)21(32,33)34/h10-11H,12-13H2,1-9H3/b11-10+. The van der Waals surface area contributed by atoms with Crippen LogP contribution in [0.2, 0.25) is 58.9 Å². The van der Waals surface area contributed by atoms with Crippen molar-refractivity contribution in [1.82, 2.24) is 0 Å². The lowest BCUT2D eigenvalue weighted by Crippen LogP contribution is -2.70. The van der Waals surface area contributed by atoms with Crippen molar-refractivity contribution in [3.8, 4) is 0 Å². The summed E-state index contributed by atoms with van der Waals surface area (Å²) >= 11 is 0. The van der Waals surface area contributed by atoms with Crippen molar-refractivity contribution in [3.05, 3.63) is 12.2 Å². The summed E-state index contributed by atoms with van der Waals surface area (Å²) in [6.07, 6.45) is -8.01. The molecule has 0 fully saturated rings. The van der Waals surface area contributed by atoms with E-state index in [2.05, 4.69) is 4.74 Å². The number of hydrogen-bond donors (Lipinski definition) is 0. The van der Waals surface area contributed by atoms with Crippen LogP contribution < -0.4 is 0 Å². The molecule has 0 amide bonds. The highest BCUT2D eigenvalue weighted by atomic mass is 28.5. The highest BCUT2D eigenvalue weighted by Gasteiger charge is 2.90. The van der Waals surface area contributed by atoms with Crippen LogP contribution >= 0.6 is 0 Å². The molecule has 0 spiro atoms. The lowest BCUT2D eigenvalue weighted by Gasteiger charge is -2.42. The highest BCUT2D eigenvalue weighted by molar-refractivity contribution is 6.90. The summed E-state index contributed by atoms with van der Waals surface area (Å²) < 4.78 is 198. The Morgan fingerprint density at radius 2 is 0.822 bits per heavy atom. The maximum atomic E-state index is 13.8. The van der Waals surface area contributed by atoms with Gasteiger partial charge in [0.25, 0.3) is 0 Å². The van der Waals surface area contributed by atoms with Crippen LogP contribution in [0.4, 0.5) is 57.1 Å². The van der Waals surface area contributed by atoms with Crippen LogP contribution in [-0.4, -0.2) is 94.3 Å². The van der Waals surface area contributed by atoms with Crippen LogP contribution in [0.25, 0.3) is 0 Å². The Morgan fingerprint density at radius 3 is 1.13 bits per heavy atom. The summed E-state index contributed by atoms with van der Waals surface area (Å²) in [4.78, 5) is 23.9. The molecule has 45 heavy (non-hydrogen) atoms. The van der Waals surface area contributed by atoms with Crippen molar-refractivity contribution in [2.45, 2.75) is 94.7 Å². The van der Waals surface area contributed by atoms with Gasteiger partial charge in [-0.2, -0.15) is 57.1 Å². The lowest BCUT2D eigenvalue weighted by atomic mass is 9.94. The van der Waals surface area contributed by atoms with E-state index in [9.17, 15) is 66.7 Å². The van der Waals surface area contributed by atoms with E-state index in [0.717, 1.165) is 0 Å². The van der Waals surface area contributed by atoms with E-state index in [-0.39, 0.29) is 12.2 Å². The van der Waals surface area contributed by atoms with Gasteiger partial charge in [0.2, 0.25) is 0 Å². The predicted molar refractivity (Wildman–Crippen MR) is 141 cm³/mol. The van der Waals surface area contributed by atoms with Crippen molar-refractivity contribution in [1.29, 1.82) is 0 Å². The molecule has 0 aromatic rings. The fraction of sp³-hybridized carbons (Fsp3) is 0.810. The second-order valence-corrected chi connectivity index (χ2v) is 29.2. The third-order valence-electron chi connectivity index (χ3n) is 4.53. The van der Waals surface area contributed by atoms with Gasteiger partial charge in [0.05, 0.1) is 0 Å². The van der Waals surface area contributed by atoms with Crippen LogP contribution in [0, 0.1) is 0 Å². The van der Waals surface area contributed by atoms with E-state index in [1.165, 1.54) is 0 Å². The fourth-order valence-corrected chi connectivity index (χ4v) is 16.8. The van der Waals surface area contributed by atoms with Gasteiger partial charge in [-0.15, -0.1) is 0 Å². The summed E-state index contributed by atoms with van der Waals surface area (Å²) in [5.41, 5.74) is 0. The average Bonchev–Trinajstić information content (AvgIpc) is 2.75. The third-order valence-corrected chi connectivity index (χ3v) is 16.1. The Morgan fingerprint density at radius 1 is 0.511 bits per heavy atom. The Hall–Kier alpha value is -1.48. The minimum absolute atomic E-state index is 0.0392. The molecule has 0 aliphatic heterocycles. The zero-order valence-electron chi connectivity index (χ0n) is 25.3. The van der Waals surface area contributed by atoms with Gasteiger partial charge in [-0.05, 0) is 58.9 Å². The van der Waals surface area contributed by atoms with Crippen molar-refractivity contribution in [3.63, 3.8) is 0 Å². The van der Waals surface area contributed by atoms with Crippen LogP contribution in [-0.2, 0) is 31.4 Å². The Kier molecular flexibility index (Phi) is 13.1. The number of rotatable bonds is 16. The second kappa shape index (κ2) is 13.6. The molecule has 0 rings (SSSR count). The Labute approximate surface area is 254 Å². The minimum atomic E-state index is -8.09. The summed E-state index contributed by atoms with van der Waals surface area (Å²) in [6.45, 7) is 12.8. The van der Waals surface area contributed by atoms with E-state index in [1.54, 1.807) is 58.9 Å². The van der Waals surface area contributed by atoms with Crippen molar-refractivity contribution in [2.24, 2.45) is 0 Å². The first-order valence-corrected chi connectivity index (χ1v) is 24.6. The van der Waals surface area contributed by atoms with Crippen LogP contribution in [0.15, 0.2) is 12.2 Å². The van der Waals surface area contributed by atoms with E-state index in [1.807, 2.05) is 0 Å². The summed E-state index contributed by atoms with van der Waals surface area (Å²) in [7, 11) is -11.1. The molecule has 0 aromatic carbocycles. The van der Waals surface area contributed by atoms with Gasteiger partial charge in [-0.25, -0.2) is 9.59 Å². The van der Waals surface area contributed by atoms with E-state index >= 15 is 0 Å². The molecule has 0 unspecified atom stereocenters. The maximum absolute atomic E-state index is 13.8. The summed E-state index contributed by atoms with van der Waals surface area (Å²) in [5.74, 6) is -41.8.